The van der Waals surface area contributed by atoms with Gasteiger partial charge in [0.25, 0.3) is 0 Å². The fourth-order valence-corrected chi connectivity index (χ4v) is 2.70. The Morgan fingerprint density at radius 1 is 1.25 bits per heavy atom. The lowest BCUT2D eigenvalue weighted by molar-refractivity contribution is -0.133. The number of benzene rings is 1. The first-order valence-electron chi connectivity index (χ1n) is 7.74. The number of nitrogens with one attached hydrogen (secondary N) is 1. The fourth-order valence-electron chi connectivity index (χ4n) is 2.70. The van der Waals surface area contributed by atoms with E-state index in [9.17, 15) is 19.5 Å². The maximum atomic E-state index is 12.2. The lowest BCUT2D eigenvalue weighted by atomic mass is 10.1. The van der Waals surface area contributed by atoms with Gasteiger partial charge in [0.05, 0.1) is 12.6 Å². The molecule has 8 heteroatoms. The summed E-state index contributed by atoms with van der Waals surface area (Å²) >= 11 is 0. The van der Waals surface area contributed by atoms with Gasteiger partial charge in [-0.3, -0.25) is 9.59 Å². The van der Waals surface area contributed by atoms with Crippen LogP contribution in [0.25, 0.3) is 0 Å². The summed E-state index contributed by atoms with van der Waals surface area (Å²) in [6.07, 6.45) is -1.11. The highest BCUT2D eigenvalue weighted by atomic mass is 16.4. The van der Waals surface area contributed by atoms with Gasteiger partial charge in [-0.1, -0.05) is 17.7 Å². The highest BCUT2D eigenvalue weighted by molar-refractivity contribution is 5.91. The number of rotatable bonds is 4. The second-order valence-corrected chi connectivity index (χ2v) is 5.79. The maximum absolute atomic E-state index is 12.2. The standard InChI is InChI=1S/C16H22N4O4/c1-11-2-4-12(5-3-11)18-14(21)8-13-10-19(15(22)9-17)6-7-20(13)16(23)24/h2-5,13H,6-10,17H2,1H3,(H,18,21)(H,23,24). The predicted octanol–water partition coefficient (Wildman–Crippen LogP) is 0.473. The van der Waals surface area contributed by atoms with Gasteiger partial charge in [-0.05, 0) is 19.1 Å². The number of nitrogens with two attached hydrogens (primary N) is 1. The molecule has 3 amide bonds. The van der Waals surface area contributed by atoms with Crippen molar-refractivity contribution in [2.24, 2.45) is 5.73 Å². The molecule has 0 saturated carbocycles. The van der Waals surface area contributed by atoms with Crippen LogP contribution in [-0.2, 0) is 9.59 Å². The Hall–Kier alpha value is -2.61. The van der Waals surface area contributed by atoms with E-state index in [-0.39, 0.29) is 37.9 Å². The van der Waals surface area contributed by atoms with Crippen molar-refractivity contribution in [1.82, 2.24) is 9.80 Å². The van der Waals surface area contributed by atoms with Gasteiger partial charge < -0.3 is 26.0 Å². The number of carboxylic acid groups (broad SMARTS) is 1. The maximum Gasteiger partial charge on any atom is 0.407 e. The van der Waals surface area contributed by atoms with E-state index in [4.69, 9.17) is 5.73 Å². The summed E-state index contributed by atoms with van der Waals surface area (Å²) < 4.78 is 0. The SMILES string of the molecule is Cc1ccc(NC(=O)CC2CN(C(=O)CN)CCN2C(=O)O)cc1. The minimum Gasteiger partial charge on any atom is -0.465 e. The van der Waals surface area contributed by atoms with Crippen molar-refractivity contribution in [2.45, 2.75) is 19.4 Å². The molecule has 1 saturated heterocycles. The molecular formula is C16H22N4O4. The van der Waals surface area contributed by atoms with Gasteiger partial charge in [0.1, 0.15) is 0 Å². The van der Waals surface area contributed by atoms with E-state index in [1.165, 1.54) is 9.80 Å². The molecule has 1 fully saturated rings. The molecule has 24 heavy (non-hydrogen) atoms. The normalized spacial score (nSPS) is 17.5. The monoisotopic (exact) mass is 334 g/mol. The number of anilines is 1. The molecule has 1 aliphatic heterocycles. The van der Waals surface area contributed by atoms with Crippen molar-refractivity contribution >= 4 is 23.6 Å². The van der Waals surface area contributed by atoms with Crippen LogP contribution in [0.15, 0.2) is 24.3 Å². The van der Waals surface area contributed by atoms with Crippen molar-refractivity contribution in [3.63, 3.8) is 0 Å². The third kappa shape index (κ3) is 4.45. The van der Waals surface area contributed by atoms with Gasteiger partial charge in [0, 0.05) is 31.7 Å². The molecule has 8 nitrogen and oxygen atoms in total. The zero-order valence-electron chi connectivity index (χ0n) is 13.6. The average Bonchev–Trinajstić information content (AvgIpc) is 2.55. The molecule has 0 aliphatic carbocycles. The average molecular weight is 334 g/mol. The lowest BCUT2D eigenvalue weighted by Gasteiger charge is -2.39. The molecule has 0 radical (unpaired) electrons. The van der Waals surface area contributed by atoms with Gasteiger partial charge in [0.2, 0.25) is 11.8 Å². The molecule has 0 aromatic heterocycles. The molecule has 0 spiro atoms. The number of piperazine rings is 1. The molecule has 1 aromatic carbocycles. The van der Waals surface area contributed by atoms with E-state index in [1.54, 1.807) is 12.1 Å². The molecule has 2 rings (SSSR count). The number of carbonyl (C=O) groups excluding carboxylic acids is 2. The van der Waals surface area contributed by atoms with Crippen LogP contribution in [-0.4, -0.2) is 65.0 Å². The van der Waals surface area contributed by atoms with Crippen LogP contribution in [0.1, 0.15) is 12.0 Å². The third-order valence-electron chi connectivity index (χ3n) is 4.01. The summed E-state index contributed by atoms with van der Waals surface area (Å²) in [5.74, 6) is -0.541. The molecule has 4 N–H and O–H groups in total. The Labute approximate surface area is 140 Å². The predicted molar refractivity (Wildman–Crippen MR) is 88.6 cm³/mol. The summed E-state index contributed by atoms with van der Waals surface area (Å²) in [4.78, 5) is 38.0. The summed E-state index contributed by atoms with van der Waals surface area (Å²) in [7, 11) is 0. The molecule has 1 aliphatic rings. The first-order chi connectivity index (χ1) is 11.4. The smallest absolute Gasteiger partial charge is 0.407 e. The number of hydrogen-bond donors (Lipinski definition) is 3. The first-order valence-corrected chi connectivity index (χ1v) is 7.74. The summed E-state index contributed by atoms with van der Waals surface area (Å²) in [6.45, 7) is 2.45. The zero-order valence-corrected chi connectivity index (χ0v) is 13.6. The van der Waals surface area contributed by atoms with E-state index in [2.05, 4.69) is 5.32 Å². The van der Waals surface area contributed by atoms with Crippen LogP contribution >= 0.6 is 0 Å². The van der Waals surface area contributed by atoms with Gasteiger partial charge in [-0.25, -0.2) is 4.79 Å². The summed E-state index contributed by atoms with van der Waals surface area (Å²) in [5.41, 5.74) is 7.09. The van der Waals surface area contributed by atoms with Crippen LogP contribution in [0.4, 0.5) is 10.5 Å². The number of carbonyl (C=O) groups is 3. The Kier molecular flexibility index (Phi) is 5.75. The van der Waals surface area contributed by atoms with Crippen molar-refractivity contribution in [3.05, 3.63) is 29.8 Å². The Balaban J connectivity index is 2.01. The Morgan fingerprint density at radius 3 is 2.50 bits per heavy atom. The Bertz CT molecular complexity index is 617. The first kappa shape index (κ1) is 17.7. The highest BCUT2D eigenvalue weighted by Gasteiger charge is 2.33. The molecule has 1 aromatic rings. The zero-order chi connectivity index (χ0) is 17.7. The van der Waals surface area contributed by atoms with E-state index in [1.807, 2.05) is 19.1 Å². The van der Waals surface area contributed by atoms with Gasteiger partial charge in [-0.2, -0.15) is 0 Å². The van der Waals surface area contributed by atoms with Crippen LogP contribution in [0, 0.1) is 6.92 Å². The van der Waals surface area contributed by atoms with Crippen molar-refractivity contribution in [2.75, 3.05) is 31.5 Å². The molecule has 1 heterocycles. The van der Waals surface area contributed by atoms with Crippen molar-refractivity contribution in [1.29, 1.82) is 0 Å². The molecule has 130 valence electrons. The third-order valence-corrected chi connectivity index (χ3v) is 4.01. The number of hydrogen-bond acceptors (Lipinski definition) is 4. The van der Waals surface area contributed by atoms with Crippen LogP contribution < -0.4 is 11.1 Å². The van der Waals surface area contributed by atoms with E-state index >= 15 is 0 Å². The van der Waals surface area contributed by atoms with Crippen LogP contribution in [0.5, 0.6) is 0 Å². The molecular weight excluding hydrogens is 312 g/mol. The highest BCUT2D eigenvalue weighted by Crippen LogP contribution is 2.15. The number of amides is 3. The Morgan fingerprint density at radius 2 is 1.92 bits per heavy atom. The van der Waals surface area contributed by atoms with Gasteiger partial charge in [0.15, 0.2) is 0 Å². The number of nitrogens with zero attached hydrogens (tertiary/aromatic N) is 2. The summed E-state index contributed by atoms with van der Waals surface area (Å²) in [5, 5.41) is 12.0. The lowest BCUT2D eigenvalue weighted by Crippen LogP contribution is -2.57. The summed E-state index contributed by atoms with van der Waals surface area (Å²) in [6, 6.07) is 6.74. The van der Waals surface area contributed by atoms with Crippen LogP contribution in [0.2, 0.25) is 0 Å². The van der Waals surface area contributed by atoms with E-state index < -0.39 is 12.1 Å². The quantitative estimate of drug-likeness (QED) is 0.740. The second-order valence-electron chi connectivity index (χ2n) is 5.79. The van der Waals surface area contributed by atoms with E-state index in [0.717, 1.165) is 5.56 Å². The van der Waals surface area contributed by atoms with Gasteiger partial charge in [-0.15, -0.1) is 0 Å². The largest absolute Gasteiger partial charge is 0.465 e. The van der Waals surface area contributed by atoms with Crippen LogP contribution in [0.3, 0.4) is 0 Å². The van der Waals surface area contributed by atoms with Crippen molar-refractivity contribution < 1.29 is 19.5 Å². The molecule has 1 unspecified atom stereocenters. The minimum atomic E-state index is -1.09. The minimum absolute atomic E-state index is 0.0193. The number of aryl methyl sites for hydroxylation is 1. The molecule has 1 atom stereocenters. The fraction of sp³-hybridized carbons (Fsp3) is 0.438. The van der Waals surface area contributed by atoms with E-state index in [0.29, 0.717) is 12.2 Å². The molecule has 0 bridgehead atoms. The van der Waals surface area contributed by atoms with Gasteiger partial charge >= 0.3 is 6.09 Å². The second kappa shape index (κ2) is 7.78. The topological polar surface area (TPSA) is 116 Å². The van der Waals surface area contributed by atoms with Crippen molar-refractivity contribution in [3.8, 4) is 0 Å².